The lowest BCUT2D eigenvalue weighted by molar-refractivity contribution is 0.303. The number of halogens is 1. The topological polar surface area (TPSA) is 24.1 Å². The van der Waals surface area contributed by atoms with Gasteiger partial charge >= 0.3 is 0 Å². The normalized spacial score (nSPS) is 31.6. The minimum absolute atomic E-state index is 0.158. The monoisotopic (exact) mass is 276 g/mol. The summed E-state index contributed by atoms with van der Waals surface area (Å²) in [7, 11) is 0. The zero-order valence-electron chi connectivity index (χ0n) is 12.2. The summed E-state index contributed by atoms with van der Waals surface area (Å²) in [6.45, 7) is 3.37. The number of benzene rings is 1. The van der Waals surface area contributed by atoms with Gasteiger partial charge in [-0.05, 0) is 62.8 Å². The molecule has 0 spiro atoms. The Kier molecular flexibility index (Phi) is 4.37. The van der Waals surface area contributed by atoms with Gasteiger partial charge in [0.05, 0.1) is 0 Å². The maximum Gasteiger partial charge on any atom is 0.123 e. The van der Waals surface area contributed by atoms with Crippen molar-refractivity contribution in [2.45, 2.75) is 57.2 Å². The standard InChI is InChI=1S/C17H25FN2/c1-12(13-7-9-14(18)10-8-13)20-17-5-2-4-15(17)16-6-3-11-19-16/h7-10,12,15-17,19-20H,2-6,11H2,1H3/t12-,15?,16?,17?/m0/s1. The number of rotatable bonds is 4. The molecule has 1 aliphatic heterocycles. The zero-order chi connectivity index (χ0) is 13.9. The molecule has 0 aromatic heterocycles. The fraction of sp³-hybridized carbons (Fsp3) is 0.647. The Labute approximate surface area is 121 Å². The summed E-state index contributed by atoms with van der Waals surface area (Å²) in [5, 5.41) is 7.44. The molecule has 3 unspecified atom stereocenters. The van der Waals surface area contributed by atoms with Gasteiger partial charge in [0.2, 0.25) is 0 Å². The Morgan fingerprint density at radius 2 is 1.95 bits per heavy atom. The molecule has 3 heteroatoms. The predicted octanol–water partition coefficient (Wildman–Crippen LogP) is 3.40. The van der Waals surface area contributed by atoms with Gasteiger partial charge in [0.15, 0.2) is 0 Å². The smallest absolute Gasteiger partial charge is 0.123 e. The van der Waals surface area contributed by atoms with Crippen LogP contribution in [0.15, 0.2) is 24.3 Å². The quantitative estimate of drug-likeness (QED) is 0.881. The Morgan fingerprint density at radius 1 is 1.15 bits per heavy atom. The van der Waals surface area contributed by atoms with E-state index in [1.165, 1.54) is 44.2 Å². The van der Waals surface area contributed by atoms with Crippen molar-refractivity contribution in [2.24, 2.45) is 5.92 Å². The molecule has 2 N–H and O–H groups in total. The van der Waals surface area contributed by atoms with E-state index in [9.17, 15) is 4.39 Å². The molecular weight excluding hydrogens is 251 g/mol. The first kappa shape index (κ1) is 14.0. The Hall–Kier alpha value is -0.930. The third kappa shape index (κ3) is 3.04. The van der Waals surface area contributed by atoms with Crippen LogP contribution in [0, 0.1) is 11.7 Å². The highest BCUT2D eigenvalue weighted by Crippen LogP contribution is 2.33. The summed E-state index contributed by atoms with van der Waals surface area (Å²) in [5.41, 5.74) is 1.18. The van der Waals surface area contributed by atoms with Crippen LogP contribution >= 0.6 is 0 Å². The van der Waals surface area contributed by atoms with Gasteiger partial charge in [-0.3, -0.25) is 0 Å². The Morgan fingerprint density at radius 3 is 2.65 bits per heavy atom. The van der Waals surface area contributed by atoms with Gasteiger partial charge in [-0.15, -0.1) is 0 Å². The van der Waals surface area contributed by atoms with Crippen LogP contribution in [-0.2, 0) is 0 Å². The fourth-order valence-corrected chi connectivity index (χ4v) is 3.92. The molecule has 0 radical (unpaired) electrons. The van der Waals surface area contributed by atoms with E-state index in [2.05, 4.69) is 17.6 Å². The SMILES string of the molecule is C[C@H](NC1CCCC1C1CCCN1)c1ccc(F)cc1. The van der Waals surface area contributed by atoms with Crippen molar-refractivity contribution in [1.82, 2.24) is 10.6 Å². The largest absolute Gasteiger partial charge is 0.314 e. The Balaban J connectivity index is 1.62. The average molecular weight is 276 g/mol. The highest BCUT2D eigenvalue weighted by molar-refractivity contribution is 5.19. The second kappa shape index (κ2) is 6.23. The Bertz CT molecular complexity index is 425. The van der Waals surface area contributed by atoms with Gasteiger partial charge in [-0.1, -0.05) is 18.6 Å². The molecule has 20 heavy (non-hydrogen) atoms. The second-order valence-corrected chi connectivity index (χ2v) is 6.34. The summed E-state index contributed by atoms with van der Waals surface area (Å²) < 4.78 is 13.0. The van der Waals surface area contributed by atoms with Crippen LogP contribution in [0.3, 0.4) is 0 Å². The summed E-state index contributed by atoms with van der Waals surface area (Å²) in [5.74, 6) is 0.607. The van der Waals surface area contributed by atoms with Gasteiger partial charge < -0.3 is 10.6 Å². The molecule has 2 aliphatic rings. The molecule has 110 valence electrons. The molecule has 0 amide bonds. The summed E-state index contributed by atoms with van der Waals surface area (Å²) >= 11 is 0. The van der Waals surface area contributed by atoms with E-state index in [0.29, 0.717) is 18.1 Å². The molecule has 1 aromatic rings. The molecule has 1 aliphatic carbocycles. The van der Waals surface area contributed by atoms with Crippen LogP contribution < -0.4 is 10.6 Å². The first-order chi connectivity index (χ1) is 9.74. The fourth-order valence-electron chi connectivity index (χ4n) is 3.92. The van der Waals surface area contributed by atoms with Gasteiger partial charge in [-0.2, -0.15) is 0 Å². The molecule has 1 saturated carbocycles. The highest BCUT2D eigenvalue weighted by atomic mass is 19.1. The van der Waals surface area contributed by atoms with Crippen molar-refractivity contribution in [3.63, 3.8) is 0 Å². The van der Waals surface area contributed by atoms with Crippen LogP contribution in [0.2, 0.25) is 0 Å². The molecule has 2 nitrogen and oxygen atoms in total. The predicted molar refractivity (Wildman–Crippen MR) is 80.1 cm³/mol. The van der Waals surface area contributed by atoms with Crippen LogP contribution in [-0.4, -0.2) is 18.6 Å². The van der Waals surface area contributed by atoms with Crippen LogP contribution in [0.25, 0.3) is 0 Å². The zero-order valence-corrected chi connectivity index (χ0v) is 12.2. The van der Waals surface area contributed by atoms with Gasteiger partial charge in [0, 0.05) is 18.1 Å². The van der Waals surface area contributed by atoms with E-state index in [1.54, 1.807) is 12.1 Å². The molecule has 1 aromatic carbocycles. The average Bonchev–Trinajstić information content (AvgIpc) is 3.09. The van der Waals surface area contributed by atoms with E-state index in [-0.39, 0.29) is 5.82 Å². The lowest BCUT2D eigenvalue weighted by Crippen LogP contribution is -2.42. The van der Waals surface area contributed by atoms with Gasteiger partial charge in [0.25, 0.3) is 0 Å². The van der Waals surface area contributed by atoms with Crippen molar-refractivity contribution >= 4 is 0 Å². The van der Waals surface area contributed by atoms with E-state index < -0.39 is 0 Å². The first-order valence-corrected chi connectivity index (χ1v) is 7.99. The molecule has 3 rings (SSSR count). The maximum atomic E-state index is 13.0. The van der Waals surface area contributed by atoms with Crippen LogP contribution in [0.1, 0.15) is 50.6 Å². The number of hydrogen-bond acceptors (Lipinski definition) is 2. The molecule has 4 atom stereocenters. The molecule has 2 fully saturated rings. The minimum Gasteiger partial charge on any atom is -0.314 e. The summed E-state index contributed by atoms with van der Waals surface area (Å²) in [6, 6.07) is 8.50. The third-order valence-corrected chi connectivity index (χ3v) is 5.02. The van der Waals surface area contributed by atoms with Crippen molar-refractivity contribution < 1.29 is 4.39 Å². The van der Waals surface area contributed by atoms with Crippen molar-refractivity contribution in [2.75, 3.05) is 6.54 Å². The van der Waals surface area contributed by atoms with Gasteiger partial charge in [0.1, 0.15) is 5.82 Å². The molecular formula is C17H25FN2. The van der Waals surface area contributed by atoms with Crippen molar-refractivity contribution in [3.05, 3.63) is 35.6 Å². The molecule has 1 saturated heterocycles. The summed E-state index contributed by atoms with van der Waals surface area (Å²) in [6.07, 6.45) is 6.59. The molecule has 0 bridgehead atoms. The van der Waals surface area contributed by atoms with Crippen molar-refractivity contribution in [3.8, 4) is 0 Å². The first-order valence-electron chi connectivity index (χ1n) is 7.99. The highest BCUT2D eigenvalue weighted by Gasteiger charge is 2.35. The summed E-state index contributed by atoms with van der Waals surface area (Å²) in [4.78, 5) is 0. The molecule has 1 heterocycles. The lowest BCUT2D eigenvalue weighted by atomic mass is 9.92. The number of hydrogen-bond donors (Lipinski definition) is 2. The second-order valence-electron chi connectivity index (χ2n) is 6.34. The van der Waals surface area contributed by atoms with Crippen molar-refractivity contribution in [1.29, 1.82) is 0 Å². The van der Waals surface area contributed by atoms with Gasteiger partial charge in [-0.25, -0.2) is 4.39 Å². The van der Waals surface area contributed by atoms with E-state index >= 15 is 0 Å². The minimum atomic E-state index is -0.158. The number of nitrogens with one attached hydrogen (secondary N) is 2. The van der Waals surface area contributed by atoms with Crippen LogP contribution in [0.4, 0.5) is 4.39 Å². The lowest BCUT2D eigenvalue weighted by Gasteiger charge is -2.29. The van der Waals surface area contributed by atoms with E-state index in [1.807, 2.05) is 12.1 Å². The van der Waals surface area contributed by atoms with Crippen LogP contribution in [0.5, 0.6) is 0 Å². The third-order valence-electron chi connectivity index (χ3n) is 5.02. The van der Waals surface area contributed by atoms with E-state index in [4.69, 9.17) is 0 Å². The maximum absolute atomic E-state index is 13.0. The van der Waals surface area contributed by atoms with E-state index in [0.717, 1.165) is 5.92 Å².